The standard InChI is InChI=1S/C19H19Cl2NO6S/c20-15-2-1-3-16(13-15)27-10-11-28-19(23)14-4-5-17(21)18(12-14)29(24,25)22-6-8-26-9-7-22/h1-5,12-13H,6-11H2. The first-order chi connectivity index (χ1) is 13.9. The average molecular weight is 460 g/mol. The van der Waals surface area contributed by atoms with Crippen LogP contribution in [0.4, 0.5) is 0 Å². The molecule has 1 aliphatic heterocycles. The third-order valence-corrected chi connectivity index (χ3v) is 6.75. The van der Waals surface area contributed by atoms with Crippen LogP contribution in [0.5, 0.6) is 5.75 Å². The molecular weight excluding hydrogens is 441 g/mol. The van der Waals surface area contributed by atoms with Crippen LogP contribution in [-0.4, -0.2) is 58.2 Å². The molecule has 0 amide bonds. The van der Waals surface area contributed by atoms with Gasteiger partial charge in [0.2, 0.25) is 10.0 Å². The predicted molar refractivity (Wildman–Crippen MR) is 108 cm³/mol. The Bertz CT molecular complexity index is 976. The molecule has 1 saturated heterocycles. The van der Waals surface area contributed by atoms with Crippen LogP contribution in [0.2, 0.25) is 10.0 Å². The molecule has 0 saturated carbocycles. The zero-order valence-corrected chi connectivity index (χ0v) is 17.7. The fourth-order valence-corrected chi connectivity index (χ4v) is 4.78. The Morgan fingerprint density at radius 3 is 2.55 bits per heavy atom. The second-order valence-electron chi connectivity index (χ2n) is 6.10. The molecule has 2 aromatic carbocycles. The van der Waals surface area contributed by atoms with E-state index in [4.69, 9.17) is 37.4 Å². The molecule has 3 rings (SSSR count). The molecule has 1 heterocycles. The van der Waals surface area contributed by atoms with Crippen LogP contribution in [0.15, 0.2) is 47.4 Å². The highest BCUT2D eigenvalue weighted by atomic mass is 35.5. The summed E-state index contributed by atoms with van der Waals surface area (Å²) < 4.78 is 42.7. The van der Waals surface area contributed by atoms with Gasteiger partial charge >= 0.3 is 5.97 Å². The Kier molecular flexibility index (Phi) is 7.37. The number of hydrogen-bond donors (Lipinski definition) is 0. The third-order valence-electron chi connectivity index (χ3n) is 4.14. The lowest BCUT2D eigenvalue weighted by atomic mass is 10.2. The summed E-state index contributed by atoms with van der Waals surface area (Å²) in [6.45, 7) is 1.19. The van der Waals surface area contributed by atoms with Gasteiger partial charge in [0.1, 0.15) is 23.9 Å². The number of morpholine rings is 1. The Morgan fingerprint density at radius 2 is 1.83 bits per heavy atom. The molecule has 0 spiro atoms. The summed E-state index contributed by atoms with van der Waals surface area (Å²) >= 11 is 12.0. The lowest BCUT2D eigenvalue weighted by Gasteiger charge is -2.26. The van der Waals surface area contributed by atoms with Gasteiger partial charge in [-0.05, 0) is 36.4 Å². The molecule has 29 heavy (non-hydrogen) atoms. The topological polar surface area (TPSA) is 82.1 Å². The van der Waals surface area contributed by atoms with Crippen molar-refractivity contribution < 1.29 is 27.4 Å². The minimum absolute atomic E-state index is 0.0144. The van der Waals surface area contributed by atoms with E-state index in [1.54, 1.807) is 24.3 Å². The molecule has 1 aliphatic rings. The molecular formula is C19H19Cl2NO6S. The Balaban J connectivity index is 1.63. The van der Waals surface area contributed by atoms with E-state index in [1.165, 1.54) is 22.5 Å². The first-order valence-electron chi connectivity index (χ1n) is 8.81. The van der Waals surface area contributed by atoms with E-state index >= 15 is 0 Å². The van der Waals surface area contributed by atoms with E-state index in [-0.39, 0.29) is 41.8 Å². The second kappa shape index (κ2) is 9.77. The molecule has 0 aliphatic carbocycles. The largest absolute Gasteiger partial charge is 0.490 e. The number of carbonyl (C=O) groups is 1. The maximum Gasteiger partial charge on any atom is 0.338 e. The summed E-state index contributed by atoms with van der Waals surface area (Å²) in [6.07, 6.45) is 0. The number of sulfonamides is 1. The Labute approximate surface area is 179 Å². The van der Waals surface area contributed by atoms with Crippen LogP contribution in [0.25, 0.3) is 0 Å². The molecule has 156 valence electrons. The molecule has 10 heteroatoms. The molecule has 0 radical (unpaired) electrons. The van der Waals surface area contributed by atoms with E-state index in [2.05, 4.69) is 0 Å². The second-order valence-corrected chi connectivity index (χ2v) is 8.85. The van der Waals surface area contributed by atoms with E-state index in [9.17, 15) is 13.2 Å². The Morgan fingerprint density at radius 1 is 1.07 bits per heavy atom. The number of ether oxygens (including phenoxy) is 3. The predicted octanol–water partition coefficient (Wildman–Crippen LogP) is 3.25. The van der Waals surface area contributed by atoms with Crippen molar-refractivity contribution in [2.24, 2.45) is 0 Å². The number of hydrogen-bond acceptors (Lipinski definition) is 6. The minimum Gasteiger partial charge on any atom is -0.490 e. The van der Waals surface area contributed by atoms with Gasteiger partial charge in [-0.25, -0.2) is 13.2 Å². The smallest absolute Gasteiger partial charge is 0.338 e. The number of halogens is 2. The van der Waals surface area contributed by atoms with Gasteiger partial charge in [-0.1, -0.05) is 29.3 Å². The van der Waals surface area contributed by atoms with Crippen molar-refractivity contribution in [1.29, 1.82) is 0 Å². The zero-order chi connectivity index (χ0) is 20.9. The van der Waals surface area contributed by atoms with E-state index in [0.717, 1.165) is 0 Å². The summed E-state index contributed by atoms with van der Waals surface area (Å²) in [5.74, 6) is -0.117. The molecule has 0 bridgehead atoms. The highest BCUT2D eigenvalue weighted by molar-refractivity contribution is 7.89. The molecule has 1 fully saturated rings. The number of carbonyl (C=O) groups excluding carboxylic acids is 1. The monoisotopic (exact) mass is 459 g/mol. The summed E-state index contributed by atoms with van der Waals surface area (Å²) in [7, 11) is -3.84. The minimum atomic E-state index is -3.84. The van der Waals surface area contributed by atoms with Crippen LogP contribution in [0, 0.1) is 0 Å². The maximum atomic E-state index is 12.8. The van der Waals surface area contributed by atoms with E-state index in [1.807, 2.05) is 0 Å². The summed E-state index contributed by atoms with van der Waals surface area (Å²) in [4.78, 5) is 12.2. The number of rotatable bonds is 7. The quantitative estimate of drug-likeness (QED) is 0.466. The van der Waals surface area contributed by atoms with Crippen LogP contribution >= 0.6 is 23.2 Å². The van der Waals surface area contributed by atoms with Crippen molar-refractivity contribution in [3.05, 3.63) is 58.1 Å². The summed E-state index contributed by atoms with van der Waals surface area (Å²) in [5.41, 5.74) is 0.0870. The number of esters is 1. The van der Waals surface area contributed by atoms with Crippen molar-refractivity contribution in [2.45, 2.75) is 4.90 Å². The molecule has 7 nitrogen and oxygen atoms in total. The van der Waals surface area contributed by atoms with Crippen LogP contribution < -0.4 is 4.74 Å². The summed E-state index contributed by atoms with van der Waals surface area (Å²) in [5, 5.41) is 0.576. The molecule has 2 aromatic rings. The average Bonchev–Trinajstić information content (AvgIpc) is 2.72. The highest BCUT2D eigenvalue weighted by Crippen LogP contribution is 2.27. The number of nitrogens with zero attached hydrogens (tertiary/aromatic N) is 1. The molecule has 0 atom stereocenters. The van der Waals surface area contributed by atoms with Crippen molar-refractivity contribution in [3.8, 4) is 5.75 Å². The van der Waals surface area contributed by atoms with Crippen molar-refractivity contribution >= 4 is 39.2 Å². The van der Waals surface area contributed by atoms with Gasteiger partial charge in [-0.2, -0.15) is 4.31 Å². The maximum absolute atomic E-state index is 12.8. The summed E-state index contributed by atoms with van der Waals surface area (Å²) in [6, 6.07) is 10.9. The van der Waals surface area contributed by atoms with Gasteiger partial charge in [-0.15, -0.1) is 0 Å². The SMILES string of the molecule is O=C(OCCOc1cccc(Cl)c1)c1ccc(Cl)c(S(=O)(=O)N2CCOCC2)c1. The van der Waals surface area contributed by atoms with Gasteiger partial charge in [-0.3, -0.25) is 0 Å². The lowest BCUT2D eigenvalue weighted by molar-refractivity contribution is 0.0450. The highest BCUT2D eigenvalue weighted by Gasteiger charge is 2.29. The number of benzene rings is 2. The first kappa shape index (κ1) is 21.9. The fourth-order valence-electron chi connectivity index (χ4n) is 2.69. The molecule has 0 N–H and O–H groups in total. The molecule has 0 aromatic heterocycles. The fraction of sp³-hybridized carbons (Fsp3) is 0.316. The van der Waals surface area contributed by atoms with Crippen molar-refractivity contribution in [1.82, 2.24) is 4.31 Å². The first-order valence-corrected chi connectivity index (χ1v) is 11.0. The van der Waals surface area contributed by atoms with Crippen molar-refractivity contribution in [2.75, 3.05) is 39.5 Å². The van der Waals surface area contributed by atoms with Gasteiger partial charge in [0.15, 0.2) is 0 Å². The van der Waals surface area contributed by atoms with Crippen LogP contribution in [0.3, 0.4) is 0 Å². The van der Waals surface area contributed by atoms with Crippen molar-refractivity contribution in [3.63, 3.8) is 0 Å². The van der Waals surface area contributed by atoms with Gasteiger partial charge in [0.25, 0.3) is 0 Å². The lowest BCUT2D eigenvalue weighted by Crippen LogP contribution is -2.40. The van der Waals surface area contributed by atoms with Gasteiger partial charge in [0.05, 0.1) is 23.8 Å². The van der Waals surface area contributed by atoms with Crippen LogP contribution in [0.1, 0.15) is 10.4 Å². The third kappa shape index (κ3) is 5.61. The van der Waals surface area contributed by atoms with Crippen LogP contribution in [-0.2, 0) is 19.5 Å². The van der Waals surface area contributed by atoms with Gasteiger partial charge in [0, 0.05) is 18.1 Å². The Hall–Kier alpha value is -1.84. The van der Waals surface area contributed by atoms with E-state index < -0.39 is 16.0 Å². The van der Waals surface area contributed by atoms with E-state index in [0.29, 0.717) is 24.0 Å². The molecule has 0 unspecified atom stereocenters. The zero-order valence-electron chi connectivity index (χ0n) is 15.3. The normalized spacial score (nSPS) is 15.1. The van der Waals surface area contributed by atoms with Gasteiger partial charge < -0.3 is 14.2 Å².